The molecule has 0 saturated carbocycles. The smallest absolute Gasteiger partial charge is 0.0568 e. The quantitative estimate of drug-likeness (QED) is 0.498. The van der Waals surface area contributed by atoms with E-state index in [1.165, 1.54) is 10.5 Å². The Morgan fingerprint density at radius 2 is 2.00 bits per heavy atom. The molecule has 4 heteroatoms. The first-order chi connectivity index (χ1) is 9.20. The summed E-state index contributed by atoms with van der Waals surface area (Å²) >= 11 is 7.97. The molecule has 2 nitrogen and oxygen atoms in total. The molecule has 0 heterocycles. The molecule has 0 bridgehead atoms. The van der Waals surface area contributed by atoms with E-state index in [2.05, 4.69) is 36.6 Å². The van der Waals surface area contributed by atoms with Crippen LogP contribution >= 0.6 is 23.4 Å². The van der Waals surface area contributed by atoms with Gasteiger partial charge in [0.05, 0.1) is 6.04 Å². The summed E-state index contributed by atoms with van der Waals surface area (Å²) in [5.74, 6) is 6.48. The van der Waals surface area contributed by atoms with Gasteiger partial charge < -0.3 is 0 Å². The van der Waals surface area contributed by atoms with Crippen LogP contribution in [0.1, 0.15) is 17.2 Å². The van der Waals surface area contributed by atoms with E-state index in [0.717, 1.165) is 16.3 Å². The van der Waals surface area contributed by atoms with Gasteiger partial charge in [0.25, 0.3) is 0 Å². The van der Waals surface area contributed by atoms with E-state index in [1.807, 2.05) is 24.3 Å². The fourth-order valence-corrected chi connectivity index (χ4v) is 3.22. The maximum atomic E-state index is 6.20. The number of aryl methyl sites for hydroxylation is 1. The van der Waals surface area contributed by atoms with Crippen molar-refractivity contribution in [1.29, 1.82) is 0 Å². The Labute approximate surface area is 123 Å². The lowest BCUT2D eigenvalue weighted by atomic mass is 10.1. The predicted octanol–water partition coefficient (Wildman–Crippen LogP) is 3.95. The van der Waals surface area contributed by atoms with Crippen LogP contribution in [-0.4, -0.2) is 5.75 Å². The van der Waals surface area contributed by atoms with Crippen molar-refractivity contribution in [3.05, 3.63) is 64.7 Å². The molecular weight excluding hydrogens is 276 g/mol. The molecule has 0 spiro atoms. The number of rotatable bonds is 5. The number of hydrazine groups is 1. The van der Waals surface area contributed by atoms with E-state index in [4.69, 9.17) is 17.4 Å². The molecule has 0 aliphatic heterocycles. The Hall–Kier alpha value is -1.00. The molecule has 3 N–H and O–H groups in total. The lowest BCUT2D eigenvalue weighted by Crippen LogP contribution is -2.29. The van der Waals surface area contributed by atoms with Crippen molar-refractivity contribution in [2.45, 2.75) is 17.9 Å². The molecule has 0 aromatic heterocycles. The third-order valence-electron chi connectivity index (χ3n) is 2.89. The second-order valence-electron chi connectivity index (χ2n) is 4.37. The highest BCUT2D eigenvalue weighted by Gasteiger charge is 2.13. The van der Waals surface area contributed by atoms with Crippen molar-refractivity contribution in [2.24, 2.45) is 5.84 Å². The molecule has 1 atom stereocenters. The highest BCUT2D eigenvalue weighted by molar-refractivity contribution is 7.99. The van der Waals surface area contributed by atoms with Crippen LogP contribution in [0.15, 0.2) is 53.4 Å². The minimum atomic E-state index is 0.0409. The van der Waals surface area contributed by atoms with Crippen molar-refractivity contribution in [3.8, 4) is 0 Å². The Morgan fingerprint density at radius 1 is 1.21 bits per heavy atom. The lowest BCUT2D eigenvalue weighted by Gasteiger charge is -2.17. The number of nitrogens with two attached hydrogens (primary N) is 1. The second kappa shape index (κ2) is 6.96. The zero-order valence-electron chi connectivity index (χ0n) is 10.8. The maximum Gasteiger partial charge on any atom is 0.0568 e. The van der Waals surface area contributed by atoms with Crippen LogP contribution in [0.3, 0.4) is 0 Å². The monoisotopic (exact) mass is 292 g/mol. The van der Waals surface area contributed by atoms with Crippen LogP contribution in [-0.2, 0) is 0 Å². The standard InChI is InChI=1S/C15H17ClN2S/c1-11-5-4-6-12(9-11)19-10-15(18-17)13-7-2-3-8-14(13)16/h2-9,15,18H,10,17H2,1H3. The van der Waals surface area contributed by atoms with E-state index >= 15 is 0 Å². The third-order valence-corrected chi connectivity index (χ3v) is 4.32. The zero-order valence-corrected chi connectivity index (χ0v) is 12.3. The first-order valence-electron chi connectivity index (χ1n) is 6.10. The van der Waals surface area contributed by atoms with Gasteiger partial charge in [0.2, 0.25) is 0 Å². The van der Waals surface area contributed by atoms with Crippen molar-refractivity contribution in [3.63, 3.8) is 0 Å². The van der Waals surface area contributed by atoms with Crippen LogP contribution in [0.4, 0.5) is 0 Å². The number of benzene rings is 2. The van der Waals surface area contributed by atoms with Gasteiger partial charge in [-0.25, -0.2) is 0 Å². The number of hydrogen-bond donors (Lipinski definition) is 2. The molecule has 19 heavy (non-hydrogen) atoms. The van der Waals surface area contributed by atoms with Crippen molar-refractivity contribution in [1.82, 2.24) is 5.43 Å². The average Bonchev–Trinajstić information content (AvgIpc) is 2.41. The topological polar surface area (TPSA) is 38.0 Å². The Balaban J connectivity index is 2.06. The van der Waals surface area contributed by atoms with Crippen LogP contribution in [0.5, 0.6) is 0 Å². The molecule has 2 rings (SSSR count). The van der Waals surface area contributed by atoms with E-state index in [1.54, 1.807) is 11.8 Å². The van der Waals surface area contributed by atoms with Crippen molar-refractivity contribution in [2.75, 3.05) is 5.75 Å². The van der Waals surface area contributed by atoms with Gasteiger partial charge >= 0.3 is 0 Å². The first kappa shape index (κ1) is 14.4. The summed E-state index contributed by atoms with van der Waals surface area (Å²) < 4.78 is 0. The van der Waals surface area contributed by atoms with Crippen molar-refractivity contribution < 1.29 is 0 Å². The molecule has 0 aliphatic rings. The van der Waals surface area contributed by atoms with E-state index in [9.17, 15) is 0 Å². The zero-order chi connectivity index (χ0) is 13.7. The predicted molar refractivity (Wildman–Crippen MR) is 83.4 cm³/mol. The van der Waals surface area contributed by atoms with Crippen LogP contribution in [0.25, 0.3) is 0 Å². The van der Waals surface area contributed by atoms with Gasteiger partial charge in [0.1, 0.15) is 0 Å². The number of nitrogens with one attached hydrogen (secondary N) is 1. The summed E-state index contributed by atoms with van der Waals surface area (Å²) in [6, 6.07) is 16.3. The van der Waals surface area contributed by atoms with Crippen LogP contribution in [0.2, 0.25) is 5.02 Å². The van der Waals surface area contributed by atoms with Gasteiger partial charge in [-0.2, -0.15) is 0 Å². The summed E-state index contributed by atoms with van der Waals surface area (Å²) in [4.78, 5) is 1.24. The highest BCUT2D eigenvalue weighted by Crippen LogP contribution is 2.28. The Kier molecular flexibility index (Phi) is 5.28. The molecule has 100 valence electrons. The van der Waals surface area contributed by atoms with E-state index in [-0.39, 0.29) is 6.04 Å². The molecule has 0 aliphatic carbocycles. The lowest BCUT2D eigenvalue weighted by molar-refractivity contribution is 0.611. The van der Waals surface area contributed by atoms with Crippen molar-refractivity contribution >= 4 is 23.4 Å². The van der Waals surface area contributed by atoms with Crippen LogP contribution < -0.4 is 11.3 Å². The van der Waals surface area contributed by atoms with Gasteiger partial charge in [0.15, 0.2) is 0 Å². The number of thioether (sulfide) groups is 1. The fourth-order valence-electron chi connectivity index (χ4n) is 1.87. The van der Waals surface area contributed by atoms with Gasteiger partial charge in [-0.05, 0) is 30.7 Å². The Morgan fingerprint density at radius 3 is 2.68 bits per heavy atom. The third kappa shape index (κ3) is 3.98. The first-order valence-corrected chi connectivity index (χ1v) is 7.47. The number of hydrogen-bond acceptors (Lipinski definition) is 3. The fraction of sp³-hybridized carbons (Fsp3) is 0.200. The molecule has 2 aromatic carbocycles. The average molecular weight is 293 g/mol. The molecule has 2 aromatic rings. The van der Waals surface area contributed by atoms with Crippen LogP contribution in [0, 0.1) is 6.92 Å². The molecular formula is C15H17ClN2S. The SMILES string of the molecule is Cc1cccc(SCC(NN)c2ccccc2Cl)c1. The maximum absolute atomic E-state index is 6.20. The molecule has 0 saturated heterocycles. The molecule has 0 radical (unpaired) electrons. The molecule has 0 amide bonds. The van der Waals surface area contributed by atoms with E-state index < -0.39 is 0 Å². The van der Waals surface area contributed by atoms with Gasteiger partial charge in [0, 0.05) is 15.7 Å². The number of halogens is 1. The molecule has 1 unspecified atom stereocenters. The molecule has 0 fully saturated rings. The highest BCUT2D eigenvalue weighted by atomic mass is 35.5. The summed E-state index contributed by atoms with van der Waals surface area (Å²) in [5, 5.41) is 0.746. The van der Waals surface area contributed by atoms with Gasteiger partial charge in [-0.15, -0.1) is 11.8 Å². The minimum absolute atomic E-state index is 0.0409. The summed E-state index contributed by atoms with van der Waals surface area (Å²) in [6.07, 6.45) is 0. The minimum Gasteiger partial charge on any atom is -0.271 e. The Bertz CT molecular complexity index is 545. The summed E-state index contributed by atoms with van der Waals surface area (Å²) in [5.41, 5.74) is 5.14. The second-order valence-corrected chi connectivity index (χ2v) is 5.87. The summed E-state index contributed by atoms with van der Waals surface area (Å²) in [6.45, 7) is 2.09. The normalized spacial score (nSPS) is 12.4. The largest absolute Gasteiger partial charge is 0.271 e. The summed E-state index contributed by atoms with van der Waals surface area (Å²) in [7, 11) is 0. The van der Waals surface area contributed by atoms with Gasteiger partial charge in [-0.3, -0.25) is 11.3 Å². The van der Waals surface area contributed by atoms with Gasteiger partial charge in [-0.1, -0.05) is 47.5 Å². The van der Waals surface area contributed by atoms with E-state index in [0.29, 0.717) is 0 Å².